The number of amides is 1. The van der Waals surface area contributed by atoms with Crippen LogP contribution in [-0.4, -0.2) is 11.9 Å². The van der Waals surface area contributed by atoms with Gasteiger partial charge in [-0.1, -0.05) is 45.2 Å². The average molecular weight is 408 g/mol. The first-order valence-corrected chi connectivity index (χ1v) is 11.4. The molecule has 0 saturated heterocycles. The molecule has 3 rings (SSSR count). The summed E-state index contributed by atoms with van der Waals surface area (Å²) >= 11 is 0. The third-order valence-electron chi connectivity index (χ3n) is 5.86. The van der Waals surface area contributed by atoms with Crippen molar-refractivity contribution in [2.75, 3.05) is 5.32 Å². The summed E-state index contributed by atoms with van der Waals surface area (Å²) < 4.78 is 5.58. The summed E-state index contributed by atoms with van der Waals surface area (Å²) in [5.41, 5.74) is 4.06. The van der Waals surface area contributed by atoms with Crippen LogP contribution in [0.1, 0.15) is 80.3 Å². The molecule has 0 saturated carbocycles. The summed E-state index contributed by atoms with van der Waals surface area (Å²) in [5.74, 6) is 0.130. The van der Waals surface area contributed by atoms with E-state index in [2.05, 4.69) is 25.2 Å². The first-order chi connectivity index (χ1) is 14.6. The van der Waals surface area contributed by atoms with Crippen molar-refractivity contribution >= 4 is 17.6 Å². The molecule has 0 fully saturated rings. The summed E-state index contributed by atoms with van der Waals surface area (Å²) in [6.07, 6.45) is 9.24. The number of carbonyl (C=O) groups excluding carboxylic acids is 2. The van der Waals surface area contributed by atoms with Crippen LogP contribution in [0.5, 0.6) is 5.75 Å². The largest absolute Gasteiger partial charge is 0.426 e. The summed E-state index contributed by atoms with van der Waals surface area (Å²) in [7, 11) is 0. The van der Waals surface area contributed by atoms with Crippen molar-refractivity contribution in [3.8, 4) is 5.75 Å². The van der Waals surface area contributed by atoms with Crippen molar-refractivity contribution in [2.45, 2.75) is 71.6 Å². The molecule has 4 nitrogen and oxygen atoms in total. The average Bonchev–Trinajstić information content (AvgIpc) is 2.77. The highest BCUT2D eigenvalue weighted by molar-refractivity contribution is 6.04. The number of aryl methyl sites for hydroxylation is 1. The first kappa shape index (κ1) is 22.1. The van der Waals surface area contributed by atoms with Gasteiger partial charge in [0.2, 0.25) is 0 Å². The topological polar surface area (TPSA) is 55.4 Å². The maximum atomic E-state index is 12.7. The Labute approximate surface area is 180 Å². The van der Waals surface area contributed by atoms with E-state index in [1.54, 1.807) is 24.3 Å². The SMILES string of the molecule is CCCCC(CCC)C(=O)Oc1ccc(C(=O)Nc2cccc3c2CCCC3)cc1. The van der Waals surface area contributed by atoms with Gasteiger partial charge in [0, 0.05) is 11.3 Å². The van der Waals surface area contributed by atoms with Gasteiger partial charge in [0.05, 0.1) is 5.92 Å². The predicted octanol–water partition coefficient (Wildman–Crippen LogP) is 6.33. The normalized spacial score (nSPS) is 13.9. The van der Waals surface area contributed by atoms with E-state index in [1.165, 1.54) is 17.5 Å². The standard InChI is InChI=1S/C26H33NO3/c1-3-5-10-21(9-4-2)26(29)30-22-17-15-20(16-18-22)25(28)27-24-14-8-12-19-11-6-7-13-23(19)24/h8,12,14-18,21H,3-7,9-11,13H2,1-2H3,(H,27,28). The maximum Gasteiger partial charge on any atom is 0.314 e. The molecule has 160 valence electrons. The molecule has 1 aliphatic rings. The Morgan fingerprint density at radius 3 is 2.47 bits per heavy atom. The first-order valence-electron chi connectivity index (χ1n) is 11.4. The van der Waals surface area contributed by atoms with Crippen LogP contribution in [0.3, 0.4) is 0 Å². The van der Waals surface area contributed by atoms with Gasteiger partial charge in [0.1, 0.15) is 5.75 Å². The number of rotatable bonds is 9. The Bertz CT molecular complexity index is 857. The quantitative estimate of drug-likeness (QED) is 0.390. The Kier molecular flexibility index (Phi) is 8.06. The molecule has 0 bridgehead atoms. The van der Waals surface area contributed by atoms with Gasteiger partial charge in [-0.05, 0) is 80.0 Å². The van der Waals surface area contributed by atoms with Crippen molar-refractivity contribution in [1.82, 2.24) is 0 Å². The van der Waals surface area contributed by atoms with Crippen LogP contribution < -0.4 is 10.1 Å². The van der Waals surface area contributed by atoms with Crippen LogP contribution in [0.4, 0.5) is 5.69 Å². The number of nitrogens with one attached hydrogen (secondary N) is 1. The highest BCUT2D eigenvalue weighted by Gasteiger charge is 2.20. The maximum absolute atomic E-state index is 12.7. The number of fused-ring (bicyclic) bond motifs is 1. The molecule has 1 amide bonds. The van der Waals surface area contributed by atoms with Gasteiger partial charge in [-0.15, -0.1) is 0 Å². The van der Waals surface area contributed by atoms with Crippen molar-refractivity contribution in [1.29, 1.82) is 0 Å². The molecule has 0 radical (unpaired) electrons. The highest BCUT2D eigenvalue weighted by atomic mass is 16.5. The molecule has 2 aromatic rings. The molecule has 2 aromatic carbocycles. The molecule has 0 aromatic heterocycles. The summed E-state index contributed by atoms with van der Waals surface area (Å²) in [4.78, 5) is 25.2. The van der Waals surface area contributed by atoms with E-state index >= 15 is 0 Å². The lowest BCUT2D eigenvalue weighted by Gasteiger charge is -2.19. The van der Waals surface area contributed by atoms with Crippen molar-refractivity contribution in [3.05, 3.63) is 59.2 Å². The molecule has 1 aliphatic carbocycles. The predicted molar refractivity (Wildman–Crippen MR) is 121 cm³/mol. The minimum atomic E-state index is -0.168. The molecule has 1 atom stereocenters. The van der Waals surface area contributed by atoms with E-state index in [-0.39, 0.29) is 17.8 Å². The van der Waals surface area contributed by atoms with E-state index < -0.39 is 0 Å². The van der Waals surface area contributed by atoms with Crippen LogP contribution in [0.15, 0.2) is 42.5 Å². The number of esters is 1. The van der Waals surface area contributed by atoms with E-state index in [9.17, 15) is 9.59 Å². The van der Waals surface area contributed by atoms with Gasteiger partial charge >= 0.3 is 5.97 Å². The fourth-order valence-electron chi connectivity index (χ4n) is 4.15. The van der Waals surface area contributed by atoms with Gasteiger partial charge in [0.15, 0.2) is 0 Å². The van der Waals surface area contributed by atoms with E-state index in [0.29, 0.717) is 11.3 Å². The van der Waals surface area contributed by atoms with E-state index in [4.69, 9.17) is 4.74 Å². The third-order valence-corrected chi connectivity index (χ3v) is 5.86. The van der Waals surface area contributed by atoms with Gasteiger partial charge in [-0.3, -0.25) is 9.59 Å². The van der Waals surface area contributed by atoms with Gasteiger partial charge in [-0.25, -0.2) is 0 Å². The summed E-state index contributed by atoms with van der Waals surface area (Å²) in [6, 6.07) is 13.0. The highest BCUT2D eigenvalue weighted by Crippen LogP contribution is 2.28. The van der Waals surface area contributed by atoms with Crippen molar-refractivity contribution in [3.63, 3.8) is 0 Å². The monoisotopic (exact) mass is 407 g/mol. The van der Waals surface area contributed by atoms with Gasteiger partial charge in [0.25, 0.3) is 5.91 Å². The Balaban J connectivity index is 1.62. The fourth-order valence-corrected chi connectivity index (χ4v) is 4.15. The lowest BCUT2D eigenvalue weighted by molar-refractivity contribution is -0.139. The number of unbranched alkanes of at least 4 members (excludes halogenated alkanes) is 1. The summed E-state index contributed by atoms with van der Waals surface area (Å²) in [6.45, 7) is 4.22. The van der Waals surface area contributed by atoms with Crippen LogP contribution >= 0.6 is 0 Å². The van der Waals surface area contributed by atoms with Crippen LogP contribution in [0, 0.1) is 5.92 Å². The van der Waals surface area contributed by atoms with E-state index in [0.717, 1.165) is 57.1 Å². The Morgan fingerprint density at radius 1 is 0.967 bits per heavy atom. The summed E-state index contributed by atoms with van der Waals surface area (Å²) in [5, 5.41) is 3.06. The van der Waals surface area contributed by atoms with Crippen LogP contribution in [0.25, 0.3) is 0 Å². The van der Waals surface area contributed by atoms with Crippen LogP contribution in [-0.2, 0) is 17.6 Å². The second kappa shape index (κ2) is 11.0. The lowest BCUT2D eigenvalue weighted by atomic mass is 9.90. The molecule has 0 aliphatic heterocycles. The zero-order valence-electron chi connectivity index (χ0n) is 18.2. The smallest absolute Gasteiger partial charge is 0.314 e. The lowest BCUT2D eigenvalue weighted by Crippen LogP contribution is -2.20. The van der Waals surface area contributed by atoms with Gasteiger partial charge < -0.3 is 10.1 Å². The molecule has 0 spiro atoms. The zero-order valence-corrected chi connectivity index (χ0v) is 18.2. The minimum Gasteiger partial charge on any atom is -0.426 e. The zero-order chi connectivity index (χ0) is 21.3. The number of ether oxygens (including phenoxy) is 1. The Hall–Kier alpha value is -2.62. The van der Waals surface area contributed by atoms with E-state index in [1.807, 2.05) is 12.1 Å². The number of benzene rings is 2. The fraction of sp³-hybridized carbons (Fsp3) is 0.462. The molecule has 4 heteroatoms. The minimum absolute atomic E-state index is 0.0535. The number of carbonyl (C=O) groups is 2. The van der Waals surface area contributed by atoms with Crippen molar-refractivity contribution in [2.24, 2.45) is 5.92 Å². The molecule has 1 unspecified atom stereocenters. The second-order valence-electron chi connectivity index (χ2n) is 8.18. The molecule has 30 heavy (non-hydrogen) atoms. The van der Waals surface area contributed by atoms with Gasteiger partial charge in [-0.2, -0.15) is 0 Å². The third kappa shape index (κ3) is 5.71. The second-order valence-corrected chi connectivity index (χ2v) is 8.18. The number of hydrogen-bond acceptors (Lipinski definition) is 3. The molecular weight excluding hydrogens is 374 g/mol. The van der Waals surface area contributed by atoms with Crippen LogP contribution in [0.2, 0.25) is 0 Å². The molecule has 0 heterocycles. The number of hydrogen-bond donors (Lipinski definition) is 1. The molecular formula is C26H33NO3. The number of anilines is 1. The van der Waals surface area contributed by atoms with Crippen molar-refractivity contribution < 1.29 is 14.3 Å². The Morgan fingerprint density at radius 2 is 1.73 bits per heavy atom. The molecule has 1 N–H and O–H groups in total.